The molecule has 0 fully saturated rings. The molecular weight excluding hydrogens is 276 g/mol. The first-order chi connectivity index (χ1) is 9.99. The van der Waals surface area contributed by atoms with Crippen LogP contribution in [0.5, 0.6) is 0 Å². The van der Waals surface area contributed by atoms with Gasteiger partial charge < -0.3 is 15.5 Å². The lowest BCUT2D eigenvalue weighted by Gasteiger charge is -2.08. The van der Waals surface area contributed by atoms with Crippen LogP contribution < -0.4 is 5.32 Å². The average Bonchev–Trinajstić information content (AvgIpc) is 2.47. The molecule has 0 saturated carbocycles. The predicted octanol–water partition coefficient (Wildman–Crippen LogP) is 1.73. The van der Waals surface area contributed by atoms with E-state index in [1.807, 2.05) is 0 Å². The Morgan fingerprint density at radius 2 is 1.71 bits per heavy atom. The van der Waals surface area contributed by atoms with Crippen LogP contribution in [0.3, 0.4) is 0 Å². The van der Waals surface area contributed by atoms with E-state index in [0.29, 0.717) is 0 Å². The molecule has 0 saturated heterocycles. The number of amides is 1. The lowest BCUT2D eigenvalue weighted by molar-refractivity contribution is 0.0679. The van der Waals surface area contributed by atoms with Crippen molar-refractivity contribution >= 4 is 23.7 Å². The van der Waals surface area contributed by atoms with Gasteiger partial charge in [0, 0.05) is 6.20 Å². The lowest BCUT2D eigenvalue weighted by atomic mass is 10.0. The molecule has 7 nitrogen and oxygen atoms in total. The Morgan fingerprint density at radius 3 is 2.29 bits per heavy atom. The van der Waals surface area contributed by atoms with E-state index in [1.165, 1.54) is 12.3 Å². The van der Waals surface area contributed by atoms with E-state index in [1.54, 1.807) is 12.1 Å². The molecule has 0 aliphatic carbocycles. The summed E-state index contributed by atoms with van der Waals surface area (Å²) in [4.78, 5) is 38.0. The molecule has 2 aromatic rings. The number of carbonyl (C=O) groups excluding carboxylic acids is 1. The van der Waals surface area contributed by atoms with Crippen molar-refractivity contribution in [1.82, 2.24) is 4.98 Å². The Hall–Kier alpha value is -3.22. The van der Waals surface area contributed by atoms with Gasteiger partial charge in [0.2, 0.25) is 0 Å². The molecule has 0 bridgehead atoms. The summed E-state index contributed by atoms with van der Waals surface area (Å²) in [5.41, 5.74) is -0.701. The summed E-state index contributed by atoms with van der Waals surface area (Å²) in [5.74, 6) is -3.08. The first kappa shape index (κ1) is 14.2. The molecule has 0 spiro atoms. The van der Waals surface area contributed by atoms with E-state index < -0.39 is 17.8 Å². The molecule has 0 aliphatic rings. The molecule has 21 heavy (non-hydrogen) atoms. The fourth-order valence-corrected chi connectivity index (χ4v) is 1.67. The topological polar surface area (TPSA) is 117 Å². The highest BCUT2D eigenvalue weighted by atomic mass is 16.4. The van der Waals surface area contributed by atoms with Gasteiger partial charge in [-0.05, 0) is 30.3 Å². The van der Waals surface area contributed by atoms with Gasteiger partial charge in [0.25, 0.3) is 5.91 Å². The Morgan fingerprint density at radius 1 is 0.952 bits per heavy atom. The number of carboxylic acid groups (broad SMARTS) is 2. The third-order valence-electron chi connectivity index (χ3n) is 2.65. The standard InChI is InChI=1S/C14H10N2O5/c17-12(16-11-3-1-2-6-15-11)10-7-8(13(18)19)4-5-9(10)14(20)21/h1-7H,(H,18,19)(H,20,21)(H,15,16,17). The van der Waals surface area contributed by atoms with E-state index in [-0.39, 0.29) is 22.5 Å². The van der Waals surface area contributed by atoms with Crippen LogP contribution in [-0.2, 0) is 0 Å². The van der Waals surface area contributed by atoms with E-state index >= 15 is 0 Å². The summed E-state index contributed by atoms with van der Waals surface area (Å²) < 4.78 is 0. The van der Waals surface area contributed by atoms with Gasteiger partial charge in [-0.2, -0.15) is 0 Å². The number of rotatable bonds is 4. The maximum absolute atomic E-state index is 12.1. The minimum Gasteiger partial charge on any atom is -0.478 e. The molecule has 2 rings (SSSR count). The van der Waals surface area contributed by atoms with Crippen LogP contribution in [0, 0.1) is 0 Å². The monoisotopic (exact) mass is 286 g/mol. The quantitative estimate of drug-likeness (QED) is 0.788. The van der Waals surface area contributed by atoms with Crippen molar-refractivity contribution in [2.24, 2.45) is 0 Å². The molecule has 1 amide bonds. The zero-order valence-electron chi connectivity index (χ0n) is 10.6. The van der Waals surface area contributed by atoms with Crippen molar-refractivity contribution < 1.29 is 24.6 Å². The fourth-order valence-electron chi connectivity index (χ4n) is 1.67. The van der Waals surface area contributed by atoms with Gasteiger partial charge in [0.15, 0.2) is 0 Å². The highest BCUT2D eigenvalue weighted by Crippen LogP contribution is 2.15. The Labute approximate surface area is 118 Å². The average molecular weight is 286 g/mol. The van der Waals surface area contributed by atoms with E-state index in [2.05, 4.69) is 10.3 Å². The second kappa shape index (κ2) is 5.83. The smallest absolute Gasteiger partial charge is 0.336 e. The van der Waals surface area contributed by atoms with Crippen LogP contribution in [0.1, 0.15) is 31.1 Å². The largest absolute Gasteiger partial charge is 0.478 e. The number of nitrogens with one attached hydrogen (secondary N) is 1. The molecule has 3 N–H and O–H groups in total. The first-order valence-corrected chi connectivity index (χ1v) is 5.82. The SMILES string of the molecule is O=C(O)c1ccc(C(=O)O)c(C(=O)Nc2ccccn2)c1. The molecule has 0 atom stereocenters. The van der Waals surface area contributed by atoms with Crippen molar-refractivity contribution in [2.45, 2.75) is 0 Å². The molecule has 106 valence electrons. The minimum absolute atomic E-state index is 0.175. The number of nitrogens with zero attached hydrogens (tertiary/aromatic N) is 1. The molecule has 0 unspecified atom stereocenters. The van der Waals surface area contributed by atoms with Gasteiger partial charge >= 0.3 is 11.9 Å². The molecule has 0 radical (unpaired) electrons. The van der Waals surface area contributed by atoms with Gasteiger partial charge in [0.05, 0.1) is 16.7 Å². The second-order valence-corrected chi connectivity index (χ2v) is 4.04. The number of carbonyl (C=O) groups is 3. The minimum atomic E-state index is -1.32. The molecule has 1 aromatic heterocycles. The number of anilines is 1. The maximum Gasteiger partial charge on any atom is 0.336 e. The second-order valence-electron chi connectivity index (χ2n) is 4.04. The molecule has 0 aliphatic heterocycles. The van der Waals surface area contributed by atoms with Crippen molar-refractivity contribution in [2.75, 3.05) is 5.32 Å². The van der Waals surface area contributed by atoms with E-state index in [9.17, 15) is 14.4 Å². The van der Waals surface area contributed by atoms with Crippen LogP contribution in [0.4, 0.5) is 5.82 Å². The number of aromatic nitrogens is 1. The summed E-state index contributed by atoms with van der Waals surface area (Å²) >= 11 is 0. The number of hydrogen-bond acceptors (Lipinski definition) is 4. The third kappa shape index (κ3) is 3.21. The summed E-state index contributed by atoms with van der Waals surface area (Å²) in [5, 5.41) is 20.4. The van der Waals surface area contributed by atoms with Crippen LogP contribution in [-0.4, -0.2) is 33.0 Å². The maximum atomic E-state index is 12.1. The van der Waals surface area contributed by atoms with Crippen molar-refractivity contribution in [3.8, 4) is 0 Å². The molecule has 1 heterocycles. The van der Waals surface area contributed by atoms with Crippen molar-refractivity contribution in [1.29, 1.82) is 0 Å². The number of pyridine rings is 1. The van der Waals surface area contributed by atoms with Gasteiger partial charge in [-0.25, -0.2) is 14.6 Å². The predicted molar refractivity (Wildman–Crippen MR) is 72.6 cm³/mol. The van der Waals surface area contributed by atoms with Crippen LogP contribution in [0.15, 0.2) is 42.6 Å². The number of hydrogen-bond donors (Lipinski definition) is 3. The Balaban J connectivity index is 2.40. The summed E-state index contributed by atoms with van der Waals surface area (Å²) in [6.45, 7) is 0. The number of carboxylic acids is 2. The zero-order chi connectivity index (χ0) is 15.4. The summed E-state index contributed by atoms with van der Waals surface area (Å²) in [6.07, 6.45) is 1.46. The third-order valence-corrected chi connectivity index (χ3v) is 2.65. The lowest BCUT2D eigenvalue weighted by Crippen LogP contribution is -2.18. The Bertz CT molecular complexity index is 713. The Kier molecular flexibility index (Phi) is 3.94. The summed E-state index contributed by atoms with van der Waals surface area (Å²) in [6, 6.07) is 8.06. The normalized spacial score (nSPS) is 9.90. The van der Waals surface area contributed by atoms with E-state index in [0.717, 1.165) is 18.2 Å². The first-order valence-electron chi connectivity index (χ1n) is 5.82. The molecular formula is C14H10N2O5. The zero-order valence-corrected chi connectivity index (χ0v) is 10.6. The summed E-state index contributed by atoms with van der Waals surface area (Å²) in [7, 11) is 0. The van der Waals surface area contributed by atoms with Crippen LogP contribution >= 0.6 is 0 Å². The molecule has 1 aromatic carbocycles. The molecule has 7 heteroatoms. The van der Waals surface area contributed by atoms with Crippen LogP contribution in [0.25, 0.3) is 0 Å². The van der Waals surface area contributed by atoms with Gasteiger partial charge in [0.1, 0.15) is 5.82 Å². The fraction of sp³-hybridized carbons (Fsp3) is 0. The van der Waals surface area contributed by atoms with Gasteiger partial charge in [-0.15, -0.1) is 0 Å². The van der Waals surface area contributed by atoms with Crippen molar-refractivity contribution in [3.63, 3.8) is 0 Å². The number of aromatic carboxylic acids is 2. The highest BCUT2D eigenvalue weighted by molar-refractivity contribution is 6.11. The van der Waals surface area contributed by atoms with E-state index in [4.69, 9.17) is 10.2 Å². The van der Waals surface area contributed by atoms with Gasteiger partial charge in [-0.3, -0.25) is 4.79 Å². The van der Waals surface area contributed by atoms with Crippen molar-refractivity contribution in [3.05, 3.63) is 59.3 Å². The van der Waals surface area contributed by atoms with Crippen LogP contribution in [0.2, 0.25) is 0 Å². The van der Waals surface area contributed by atoms with Gasteiger partial charge in [-0.1, -0.05) is 6.07 Å². The highest BCUT2D eigenvalue weighted by Gasteiger charge is 2.19. The number of benzene rings is 1.